The standard InChI is InChI=1S/C32H46F2O2/c1-3-5-7-9-11-12-14-16-24-36-30-22-20-26-25-19-21-29(35-23-15-13-10-8-6-4-2)31(33)27(25)17-18-28(26)32(30)34/h19-22H,3-18,23-24H2,1-2H3. The van der Waals surface area contributed by atoms with Gasteiger partial charge in [0, 0.05) is 0 Å². The Morgan fingerprint density at radius 1 is 0.528 bits per heavy atom. The Balaban J connectivity index is 1.51. The van der Waals surface area contributed by atoms with Crippen LogP contribution in [-0.2, 0) is 12.8 Å². The topological polar surface area (TPSA) is 18.5 Å². The SMILES string of the molecule is CCCCCCCCCCOc1ccc2c(c1F)CCc1c-2ccc(OCCCCCCCC)c1F. The molecule has 0 spiro atoms. The highest BCUT2D eigenvalue weighted by atomic mass is 19.1. The van der Waals surface area contributed by atoms with E-state index in [0.717, 1.165) is 36.8 Å². The summed E-state index contributed by atoms with van der Waals surface area (Å²) in [5.41, 5.74) is 2.81. The van der Waals surface area contributed by atoms with Crippen molar-refractivity contribution < 1.29 is 18.3 Å². The van der Waals surface area contributed by atoms with Crippen LogP contribution in [0.25, 0.3) is 11.1 Å². The average molecular weight is 501 g/mol. The number of benzene rings is 2. The number of ether oxygens (including phenoxy) is 2. The predicted octanol–water partition coefficient (Wildman–Crippen LogP) is 9.99. The van der Waals surface area contributed by atoms with Crippen molar-refractivity contribution in [2.24, 2.45) is 0 Å². The molecular formula is C32H46F2O2. The average Bonchev–Trinajstić information content (AvgIpc) is 2.89. The molecule has 0 aliphatic heterocycles. The van der Waals surface area contributed by atoms with Gasteiger partial charge in [-0.1, -0.05) is 103 Å². The summed E-state index contributed by atoms with van der Waals surface area (Å²) in [6.07, 6.45) is 17.8. The Hall–Kier alpha value is -2.10. The normalized spacial score (nSPS) is 12.3. The Kier molecular flexibility index (Phi) is 12.6. The minimum atomic E-state index is -0.292. The lowest BCUT2D eigenvalue weighted by Crippen LogP contribution is -2.11. The highest BCUT2D eigenvalue weighted by molar-refractivity contribution is 5.75. The van der Waals surface area contributed by atoms with E-state index in [1.54, 1.807) is 12.1 Å². The van der Waals surface area contributed by atoms with E-state index < -0.39 is 0 Å². The Labute approximate surface area is 217 Å². The van der Waals surface area contributed by atoms with Crippen LogP contribution in [0, 0.1) is 11.6 Å². The van der Waals surface area contributed by atoms with Gasteiger partial charge in [-0.25, -0.2) is 8.78 Å². The van der Waals surface area contributed by atoms with E-state index in [1.807, 2.05) is 12.1 Å². The largest absolute Gasteiger partial charge is 0.491 e. The minimum absolute atomic E-state index is 0.290. The summed E-state index contributed by atoms with van der Waals surface area (Å²) in [5, 5.41) is 0. The van der Waals surface area contributed by atoms with Crippen LogP contribution in [0.3, 0.4) is 0 Å². The molecule has 0 radical (unpaired) electrons. The first kappa shape index (κ1) is 28.5. The third-order valence-electron chi connectivity index (χ3n) is 7.34. The summed E-state index contributed by atoms with van der Waals surface area (Å²) in [6.45, 7) is 5.51. The van der Waals surface area contributed by atoms with Gasteiger partial charge in [0.15, 0.2) is 23.1 Å². The highest BCUT2D eigenvalue weighted by Gasteiger charge is 2.25. The summed E-state index contributed by atoms with van der Waals surface area (Å²) in [6, 6.07) is 7.17. The van der Waals surface area contributed by atoms with Crippen LogP contribution in [0.1, 0.15) is 115 Å². The van der Waals surface area contributed by atoms with Gasteiger partial charge < -0.3 is 9.47 Å². The van der Waals surface area contributed by atoms with Gasteiger partial charge in [-0.05, 0) is 60.1 Å². The molecule has 0 amide bonds. The second-order valence-corrected chi connectivity index (χ2v) is 10.2. The number of hydrogen-bond donors (Lipinski definition) is 0. The van der Waals surface area contributed by atoms with Crippen molar-refractivity contribution in [3.63, 3.8) is 0 Å². The van der Waals surface area contributed by atoms with Crippen LogP contribution in [0.15, 0.2) is 24.3 Å². The van der Waals surface area contributed by atoms with Gasteiger partial charge in [-0.3, -0.25) is 0 Å². The molecule has 1 aliphatic rings. The van der Waals surface area contributed by atoms with Crippen molar-refractivity contribution in [3.05, 3.63) is 47.0 Å². The van der Waals surface area contributed by atoms with Crippen molar-refractivity contribution in [2.45, 2.75) is 117 Å². The van der Waals surface area contributed by atoms with E-state index in [-0.39, 0.29) is 11.6 Å². The molecular weight excluding hydrogens is 454 g/mol. The zero-order chi connectivity index (χ0) is 25.6. The van der Waals surface area contributed by atoms with Crippen LogP contribution in [0.5, 0.6) is 11.5 Å². The highest BCUT2D eigenvalue weighted by Crippen LogP contribution is 2.40. The van der Waals surface area contributed by atoms with Crippen molar-refractivity contribution >= 4 is 0 Å². The van der Waals surface area contributed by atoms with Crippen molar-refractivity contribution in [1.29, 1.82) is 0 Å². The summed E-state index contributed by atoms with van der Waals surface area (Å²) < 4.78 is 42.0. The Morgan fingerprint density at radius 3 is 1.28 bits per heavy atom. The fourth-order valence-corrected chi connectivity index (χ4v) is 5.15. The van der Waals surface area contributed by atoms with Gasteiger partial charge in [0.25, 0.3) is 0 Å². The quantitative estimate of drug-likeness (QED) is 0.190. The molecule has 36 heavy (non-hydrogen) atoms. The van der Waals surface area contributed by atoms with Crippen molar-refractivity contribution in [3.8, 4) is 22.6 Å². The van der Waals surface area contributed by atoms with Crippen LogP contribution in [0.4, 0.5) is 8.78 Å². The molecule has 2 aromatic rings. The molecule has 0 fully saturated rings. The molecule has 0 saturated carbocycles. The maximum Gasteiger partial charge on any atom is 0.168 e. The molecule has 0 saturated heterocycles. The molecule has 0 N–H and O–H groups in total. The number of halogens is 2. The molecule has 1 aliphatic carbocycles. The van der Waals surface area contributed by atoms with Crippen LogP contribution >= 0.6 is 0 Å². The smallest absolute Gasteiger partial charge is 0.168 e. The predicted molar refractivity (Wildman–Crippen MR) is 146 cm³/mol. The number of hydrogen-bond acceptors (Lipinski definition) is 2. The zero-order valence-electron chi connectivity index (χ0n) is 22.6. The molecule has 0 unspecified atom stereocenters. The molecule has 200 valence electrons. The molecule has 0 atom stereocenters. The number of rotatable bonds is 18. The maximum absolute atomic E-state index is 15.2. The number of unbranched alkanes of at least 4 members (excludes halogenated alkanes) is 12. The third-order valence-corrected chi connectivity index (χ3v) is 7.34. The molecule has 3 rings (SSSR count). The van der Waals surface area contributed by atoms with E-state index in [9.17, 15) is 0 Å². The molecule has 4 heteroatoms. The molecule has 0 aromatic heterocycles. The first-order valence-electron chi connectivity index (χ1n) is 14.6. The fourth-order valence-electron chi connectivity index (χ4n) is 5.15. The van der Waals surface area contributed by atoms with Gasteiger partial charge >= 0.3 is 0 Å². The van der Waals surface area contributed by atoms with Crippen LogP contribution < -0.4 is 9.47 Å². The zero-order valence-corrected chi connectivity index (χ0v) is 22.6. The van der Waals surface area contributed by atoms with Crippen molar-refractivity contribution in [1.82, 2.24) is 0 Å². The number of fused-ring (bicyclic) bond motifs is 3. The third kappa shape index (κ3) is 8.21. The summed E-state index contributed by atoms with van der Waals surface area (Å²) in [4.78, 5) is 0. The Bertz CT molecular complexity index is 925. The van der Waals surface area contributed by atoms with Crippen molar-refractivity contribution in [2.75, 3.05) is 13.2 Å². The van der Waals surface area contributed by atoms with E-state index in [0.29, 0.717) is 48.7 Å². The second kappa shape index (κ2) is 15.9. The fraction of sp³-hybridized carbons (Fsp3) is 0.625. The molecule has 0 bridgehead atoms. The van der Waals surface area contributed by atoms with Crippen LogP contribution in [-0.4, -0.2) is 13.2 Å². The van der Waals surface area contributed by atoms with Gasteiger partial charge in [0.2, 0.25) is 0 Å². The van der Waals surface area contributed by atoms with Gasteiger partial charge in [-0.2, -0.15) is 0 Å². The van der Waals surface area contributed by atoms with Gasteiger partial charge in [0.05, 0.1) is 13.2 Å². The molecule has 2 nitrogen and oxygen atoms in total. The van der Waals surface area contributed by atoms with E-state index >= 15 is 8.78 Å². The van der Waals surface area contributed by atoms with E-state index in [1.165, 1.54) is 64.2 Å². The van der Waals surface area contributed by atoms with Crippen LogP contribution in [0.2, 0.25) is 0 Å². The lowest BCUT2D eigenvalue weighted by atomic mass is 9.84. The molecule has 2 aromatic carbocycles. The molecule has 0 heterocycles. The van der Waals surface area contributed by atoms with E-state index in [4.69, 9.17) is 9.47 Å². The minimum Gasteiger partial charge on any atom is -0.491 e. The summed E-state index contributed by atoms with van der Waals surface area (Å²) in [7, 11) is 0. The van der Waals surface area contributed by atoms with E-state index in [2.05, 4.69) is 13.8 Å². The lowest BCUT2D eigenvalue weighted by Gasteiger charge is -2.23. The maximum atomic E-state index is 15.2. The monoisotopic (exact) mass is 500 g/mol. The lowest BCUT2D eigenvalue weighted by molar-refractivity contribution is 0.288. The second-order valence-electron chi connectivity index (χ2n) is 10.2. The summed E-state index contributed by atoms with van der Waals surface area (Å²) in [5.74, 6) is 0.0529. The van der Waals surface area contributed by atoms with Gasteiger partial charge in [0.1, 0.15) is 0 Å². The first-order chi connectivity index (χ1) is 17.7. The first-order valence-corrected chi connectivity index (χ1v) is 14.6. The summed E-state index contributed by atoms with van der Waals surface area (Å²) >= 11 is 0. The Morgan fingerprint density at radius 2 is 0.889 bits per heavy atom. The van der Waals surface area contributed by atoms with Gasteiger partial charge in [-0.15, -0.1) is 0 Å².